The normalized spacial score (nSPS) is 19.0. The number of likely N-dealkylation sites (tertiary alicyclic amines) is 1. The number of alkyl halides is 1. The van der Waals surface area contributed by atoms with Crippen LogP contribution < -0.4 is 16.2 Å². The highest BCUT2D eigenvalue weighted by Gasteiger charge is 2.38. The number of aliphatic imine (C=N–C) groups is 1. The van der Waals surface area contributed by atoms with Crippen LogP contribution in [0.5, 0.6) is 5.75 Å². The summed E-state index contributed by atoms with van der Waals surface area (Å²) in [6.07, 6.45) is 5.45. The maximum atomic E-state index is 15.7. The Morgan fingerprint density at radius 3 is 2.63 bits per heavy atom. The van der Waals surface area contributed by atoms with Crippen LogP contribution in [0.4, 0.5) is 4.39 Å². The fourth-order valence-corrected chi connectivity index (χ4v) is 3.06. The molecule has 0 aromatic carbocycles. The van der Waals surface area contributed by atoms with Gasteiger partial charge >= 0.3 is 0 Å². The van der Waals surface area contributed by atoms with Gasteiger partial charge in [-0.15, -0.1) is 0 Å². The summed E-state index contributed by atoms with van der Waals surface area (Å²) in [7, 11) is 4.94. The SMILES string of the molecule is CN=C(C=O)/C=C(N)/C(=C/N)c1cc(C2(F)CCN(C)CC2)c(OC)cn1. The fraction of sp³-hybridized carbons (Fsp3) is 0.421. The first-order chi connectivity index (χ1) is 12.9. The molecule has 7 nitrogen and oxygen atoms in total. The summed E-state index contributed by atoms with van der Waals surface area (Å²) < 4.78 is 21.0. The van der Waals surface area contributed by atoms with E-state index in [1.165, 1.54) is 32.6 Å². The Morgan fingerprint density at radius 2 is 2.11 bits per heavy atom. The molecule has 27 heavy (non-hydrogen) atoms. The molecule has 0 aliphatic carbocycles. The number of piperidine rings is 1. The third-order valence-corrected chi connectivity index (χ3v) is 4.79. The predicted molar refractivity (Wildman–Crippen MR) is 104 cm³/mol. The van der Waals surface area contributed by atoms with Crippen molar-refractivity contribution < 1.29 is 13.9 Å². The minimum Gasteiger partial charge on any atom is -0.495 e. The number of pyridine rings is 1. The van der Waals surface area contributed by atoms with E-state index in [1.54, 1.807) is 6.07 Å². The van der Waals surface area contributed by atoms with Gasteiger partial charge < -0.3 is 21.1 Å². The Labute approximate surface area is 158 Å². The lowest BCUT2D eigenvalue weighted by Crippen LogP contribution is -2.38. The van der Waals surface area contributed by atoms with E-state index < -0.39 is 5.67 Å². The Hall–Kier alpha value is -2.74. The summed E-state index contributed by atoms with van der Waals surface area (Å²) >= 11 is 0. The van der Waals surface area contributed by atoms with Crippen LogP contribution in [0.3, 0.4) is 0 Å². The molecule has 146 valence electrons. The number of methoxy groups -OCH3 is 1. The van der Waals surface area contributed by atoms with Crippen LogP contribution >= 0.6 is 0 Å². The van der Waals surface area contributed by atoms with Crippen molar-refractivity contribution in [2.75, 3.05) is 34.3 Å². The second-order valence-electron chi connectivity index (χ2n) is 6.48. The summed E-state index contributed by atoms with van der Waals surface area (Å²) in [5.41, 5.74) is 11.9. The van der Waals surface area contributed by atoms with Gasteiger partial charge in [-0.2, -0.15) is 0 Å². The largest absolute Gasteiger partial charge is 0.495 e. The zero-order chi connectivity index (χ0) is 20.0. The summed E-state index contributed by atoms with van der Waals surface area (Å²) in [5.74, 6) is 0.383. The average Bonchev–Trinajstić information content (AvgIpc) is 2.69. The second-order valence-corrected chi connectivity index (χ2v) is 6.48. The molecule has 0 unspecified atom stereocenters. The Balaban J connectivity index is 2.48. The third-order valence-electron chi connectivity index (χ3n) is 4.79. The molecule has 0 radical (unpaired) electrons. The Bertz CT molecular complexity index is 780. The van der Waals surface area contributed by atoms with Crippen molar-refractivity contribution in [3.8, 4) is 5.75 Å². The smallest absolute Gasteiger partial charge is 0.168 e. The van der Waals surface area contributed by atoms with E-state index in [0.717, 1.165) is 0 Å². The number of carbonyl (C=O) groups excluding carboxylic acids is 1. The molecular weight excluding hydrogens is 349 g/mol. The number of carbonyl (C=O) groups is 1. The molecule has 0 spiro atoms. The van der Waals surface area contributed by atoms with Crippen molar-refractivity contribution in [3.05, 3.63) is 41.5 Å². The van der Waals surface area contributed by atoms with Gasteiger partial charge in [-0.3, -0.25) is 14.8 Å². The van der Waals surface area contributed by atoms with Crippen LogP contribution in [-0.2, 0) is 10.5 Å². The number of aromatic nitrogens is 1. The minimum absolute atomic E-state index is 0.165. The lowest BCUT2D eigenvalue weighted by atomic mass is 9.85. The van der Waals surface area contributed by atoms with E-state index in [-0.39, 0.29) is 11.4 Å². The van der Waals surface area contributed by atoms with Crippen LogP contribution in [0.1, 0.15) is 24.1 Å². The number of hydrogen-bond donors (Lipinski definition) is 2. The van der Waals surface area contributed by atoms with Crippen LogP contribution in [0, 0.1) is 0 Å². The molecule has 2 rings (SSSR count). The quantitative estimate of drug-likeness (QED) is 0.442. The zero-order valence-corrected chi connectivity index (χ0v) is 15.9. The third kappa shape index (κ3) is 4.51. The molecule has 1 aliphatic rings. The lowest BCUT2D eigenvalue weighted by Gasteiger charge is -2.35. The summed E-state index contributed by atoms with van der Waals surface area (Å²) in [6.45, 7) is 1.29. The van der Waals surface area contributed by atoms with Crippen molar-refractivity contribution in [2.24, 2.45) is 16.5 Å². The maximum absolute atomic E-state index is 15.7. The van der Waals surface area contributed by atoms with Crippen molar-refractivity contribution in [1.82, 2.24) is 9.88 Å². The number of nitrogens with zero attached hydrogens (tertiary/aromatic N) is 3. The second kappa shape index (κ2) is 8.77. The molecule has 0 bridgehead atoms. The summed E-state index contributed by atoms with van der Waals surface area (Å²) in [6, 6.07) is 1.62. The van der Waals surface area contributed by atoms with Gasteiger partial charge in [0.1, 0.15) is 11.4 Å². The number of hydrogen-bond acceptors (Lipinski definition) is 7. The van der Waals surface area contributed by atoms with Gasteiger partial charge in [0.2, 0.25) is 0 Å². The van der Waals surface area contributed by atoms with Crippen molar-refractivity contribution in [1.29, 1.82) is 0 Å². The highest BCUT2D eigenvalue weighted by Crippen LogP contribution is 2.42. The molecule has 0 atom stereocenters. The number of aldehydes is 1. The molecule has 4 N–H and O–H groups in total. The summed E-state index contributed by atoms with van der Waals surface area (Å²) in [4.78, 5) is 21.2. The first kappa shape index (κ1) is 20.6. The first-order valence-electron chi connectivity index (χ1n) is 8.62. The molecule has 0 amide bonds. The highest BCUT2D eigenvalue weighted by molar-refractivity contribution is 6.34. The lowest BCUT2D eigenvalue weighted by molar-refractivity contribution is -0.102. The van der Waals surface area contributed by atoms with E-state index in [1.807, 2.05) is 7.05 Å². The molecule has 1 saturated heterocycles. The van der Waals surface area contributed by atoms with E-state index >= 15 is 4.39 Å². The fourth-order valence-electron chi connectivity index (χ4n) is 3.06. The Morgan fingerprint density at radius 1 is 1.44 bits per heavy atom. The van der Waals surface area contributed by atoms with Gasteiger partial charge in [0.25, 0.3) is 0 Å². The van der Waals surface area contributed by atoms with Gasteiger partial charge in [-0.1, -0.05) is 0 Å². The topological polar surface area (TPSA) is 107 Å². The van der Waals surface area contributed by atoms with Gasteiger partial charge in [0, 0.05) is 43.2 Å². The molecule has 2 heterocycles. The monoisotopic (exact) mass is 375 g/mol. The van der Waals surface area contributed by atoms with Crippen LogP contribution in [0.2, 0.25) is 0 Å². The highest BCUT2D eigenvalue weighted by atomic mass is 19.1. The van der Waals surface area contributed by atoms with Crippen LogP contribution in [-0.4, -0.2) is 56.2 Å². The van der Waals surface area contributed by atoms with Crippen molar-refractivity contribution in [3.63, 3.8) is 0 Å². The van der Waals surface area contributed by atoms with Crippen molar-refractivity contribution >= 4 is 17.6 Å². The number of halogens is 1. The average molecular weight is 375 g/mol. The molecule has 0 saturated carbocycles. The van der Waals surface area contributed by atoms with Gasteiger partial charge in [-0.05, 0) is 32.0 Å². The van der Waals surface area contributed by atoms with E-state index in [4.69, 9.17) is 16.2 Å². The van der Waals surface area contributed by atoms with Crippen LogP contribution in [0.15, 0.2) is 35.2 Å². The number of ether oxygens (including phenoxy) is 1. The molecule has 1 fully saturated rings. The number of nitrogens with two attached hydrogens (primary N) is 2. The first-order valence-corrected chi connectivity index (χ1v) is 8.62. The molecule has 8 heteroatoms. The maximum Gasteiger partial charge on any atom is 0.168 e. The minimum atomic E-state index is -1.52. The molecule has 1 aromatic rings. The van der Waals surface area contributed by atoms with Gasteiger partial charge in [0.05, 0.1) is 24.7 Å². The van der Waals surface area contributed by atoms with Gasteiger partial charge in [-0.25, -0.2) is 4.39 Å². The number of allylic oxidation sites excluding steroid dienone is 2. The number of rotatable bonds is 6. The molecule has 1 aromatic heterocycles. The molecular formula is C19H26FN5O2. The zero-order valence-electron chi connectivity index (χ0n) is 15.9. The molecule has 1 aliphatic heterocycles. The van der Waals surface area contributed by atoms with Crippen molar-refractivity contribution in [2.45, 2.75) is 18.5 Å². The van der Waals surface area contributed by atoms with E-state index in [2.05, 4.69) is 14.9 Å². The Kier molecular flexibility index (Phi) is 6.68. The van der Waals surface area contributed by atoms with E-state index in [0.29, 0.717) is 54.8 Å². The van der Waals surface area contributed by atoms with Gasteiger partial charge in [0.15, 0.2) is 6.29 Å². The van der Waals surface area contributed by atoms with Crippen LogP contribution in [0.25, 0.3) is 5.57 Å². The summed E-state index contributed by atoms with van der Waals surface area (Å²) in [5, 5.41) is 0. The standard InChI is InChI=1S/C19H26FN5O2/c1-23-13(12-26)8-16(22)14(10-21)17-9-15(18(27-3)11-24-17)19(20)4-6-25(2)7-5-19/h8-12H,4-7,21-22H2,1-3H3/b14-10-,16-8-,23-13?. The predicted octanol–water partition coefficient (Wildman–Crippen LogP) is 1.39. The van der Waals surface area contributed by atoms with E-state index in [9.17, 15) is 4.79 Å².